The fraction of sp³-hybridized carbons (Fsp3) is 0.419. The summed E-state index contributed by atoms with van der Waals surface area (Å²) >= 11 is 0. The Hall–Kier alpha value is -2.34. The van der Waals surface area contributed by atoms with Gasteiger partial charge in [-0.1, -0.05) is 108 Å². The third-order valence-corrected chi connectivity index (χ3v) is 7.02. The van der Waals surface area contributed by atoms with Crippen LogP contribution in [0.15, 0.2) is 60.7 Å². The van der Waals surface area contributed by atoms with Crippen molar-refractivity contribution in [3.8, 4) is 22.3 Å². The minimum atomic E-state index is 0.174. The Kier molecular flexibility index (Phi) is 7.76. The molecule has 0 saturated carbocycles. The first-order chi connectivity index (χ1) is 15.1. The molecule has 0 heteroatoms. The van der Waals surface area contributed by atoms with Gasteiger partial charge in [0.05, 0.1) is 0 Å². The molecule has 3 aromatic carbocycles. The number of hydrogen-bond donors (Lipinski definition) is 0. The van der Waals surface area contributed by atoms with Crippen LogP contribution >= 0.6 is 0 Å². The molecular formula is C31H40. The second kappa shape index (κ2) is 10.3. The van der Waals surface area contributed by atoms with E-state index in [1.165, 1.54) is 71.9 Å². The molecule has 0 unspecified atom stereocenters. The van der Waals surface area contributed by atoms with Crippen LogP contribution in [-0.4, -0.2) is 0 Å². The van der Waals surface area contributed by atoms with Crippen molar-refractivity contribution in [2.75, 3.05) is 0 Å². The van der Waals surface area contributed by atoms with Crippen LogP contribution in [0.4, 0.5) is 0 Å². The van der Waals surface area contributed by atoms with E-state index in [1.54, 1.807) is 11.1 Å². The topological polar surface area (TPSA) is 0 Å². The van der Waals surface area contributed by atoms with Gasteiger partial charge in [0.1, 0.15) is 0 Å². The lowest BCUT2D eigenvalue weighted by atomic mass is 9.70. The predicted octanol–water partition coefficient (Wildman–Crippen LogP) is 9.64. The minimum Gasteiger partial charge on any atom is -0.0683 e. The van der Waals surface area contributed by atoms with E-state index in [0.29, 0.717) is 0 Å². The molecule has 0 atom stereocenters. The molecule has 3 aromatic rings. The fourth-order valence-electron chi connectivity index (χ4n) is 5.18. The van der Waals surface area contributed by atoms with Crippen LogP contribution < -0.4 is 0 Å². The molecule has 0 spiro atoms. The zero-order valence-electron chi connectivity index (χ0n) is 20.5. The summed E-state index contributed by atoms with van der Waals surface area (Å²) in [5, 5.41) is 0. The minimum absolute atomic E-state index is 0.174. The lowest BCUT2D eigenvalue weighted by molar-refractivity contribution is 0.414. The van der Waals surface area contributed by atoms with Gasteiger partial charge in [-0.15, -0.1) is 0 Å². The van der Waals surface area contributed by atoms with Crippen molar-refractivity contribution in [3.63, 3.8) is 0 Å². The van der Waals surface area contributed by atoms with Gasteiger partial charge in [-0.2, -0.15) is 0 Å². The Labute approximate surface area is 190 Å². The predicted molar refractivity (Wildman–Crippen MR) is 138 cm³/mol. The molecule has 0 nitrogen and oxygen atoms in total. The summed E-state index contributed by atoms with van der Waals surface area (Å²) in [6, 6.07) is 23.3. The van der Waals surface area contributed by atoms with Gasteiger partial charge in [0.15, 0.2) is 0 Å². The molecule has 4 rings (SSSR count). The van der Waals surface area contributed by atoms with Crippen molar-refractivity contribution in [1.82, 2.24) is 0 Å². The van der Waals surface area contributed by atoms with Gasteiger partial charge in [0, 0.05) is 5.41 Å². The molecule has 164 valence electrons. The summed E-state index contributed by atoms with van der Waals surface area (Å²) in [5.41, 5.74) is 11.7. The standard InChI is InChI=1S/C29H34.C2H6/c1-5-7-17-29(18-8-6-2)27-12-10-9-11-25(27)26-16-15-24(20-28(26)29)23-14-13-21(3)22(4)19-23;1-2/h9-16,19-20H,5-8,17-18H2,1-4H3;1-2H3. The first-order valence-electron chi connectivity index (χ1n) is 12.4. The Bertz CT molecular complexity index is 1000. The highest BCUT2D eigenvalue weighted by molar-refractivity contribution is 5.84. The van der Waals surface area contributed by atoms with Gasteiger partial charge in [0.25, 0.3) is 0 Å². The van der Waals surface area contributed by atoms with Crippen molar-refractivity contribution in [2.24, 2.45) is 0 Å². The summed E-state index contributed by atoms with van der Waals surface area (Å²) < 4.78 is 0. The molecule has 1 aliphatic carbocycles. The second-order valence-electron chi connectivity index (χ2n) is 8.89. The largest absolute Gasteiger partial charge is 0.0683 e. The maximum absolute atomic E-state index is 2.52. The van der Waals surface area contributed by atoms with Gasteiger partial charge in [-0.25, -0.2) is 0 Å². The van der Waals surface area contributed by atoms with E-state index < -0.39 is 0 Å². The molecule has 0 bridgehead atoms. The average molecular weight is 413 g/mol. The molecule has 0 amide bonds. The lowest BCUT2D eigenvalue weighted by Crippen LogP contribution is -2.25. The Balaban J connectivity index is 0.00000132. The molecule has 0 aromatic heterocycles. The van der Waals surface area contributed by atoms with Gasteiger partial charge >= 0.3 is 0 Å². The quantitative estimate of drug-likeness (QED) is 0.362. The molecule has 0 heterocycles. The Morgan fingerprint density at radius 1 is 0.613 bits per heavy atom. The molecular weight excluding hydrogens is 372 g/mol. The maximum atomic E-state index is 2.52. The van der Waals surface area contributed by atoms with Crippen LogP contribution in [0.2, 0.25) is 0 Å². The summed E-state index contributed by atoms with van der Waals surface area (Å²) in [6.07, 6.45) is 7.58. The van der Waals surface area contributed by atoms with E-state index in [1.807, 2.05) is 13.8 Å². The highest BCUT2D eigenvalue weighted by Gasteiger charge is 2.41. The van der Waals surface area contributed by atoms with Crippen molar-refractivity contribution in [1.29, 1.82) is 0 Å². The van der Waals surface area contributed by atoms with Crippen LogP contribution in [0.3, 0.4) is 0 Å². The van der Waals surface area contributed by atoms with Crippen LogP contribution in [0.5, 0.6) is 0 Å². The molecule has 0 saturated heterocycles. The first kappa shape index (κ1) is 23.3. The van der Waals surface area contributed by atoms with Crippen molar-refractivity contribution in [2.45, 2.75) is 85.5 Å². The van der Waals surface area contributed by atoms with Crippen molar-refractivity contribution < 1.29 is 0 Å². The number of aryl methyl sites for hydroxylation is 2. The van der Waals surface area contributed by atoms with E-state index in [2.05, 4.69) is 88.4 Å². The van der Waals surface area contributed by atoms with Crippen LogP contribution in [0, 0.1) is 13.8 Å². The molecule has 0 fully saturated rings. The Morgan fingerprint density at radius 2 is 1.19 bits per heavy atom. The zero-order chi connectivity index (χ0) is 22.4. The van der Waals surface area contributed by atoms with Crippen LogP contribution in [0.25, 0.3) is 22.3 Å². The molecule has 0 radical (unpaired) electrons. The summed E-state index contributed by atoms with van der Waals surface area (Å²) in [4.78, 5) is 0. The van der Waals surface area contributed by atoms with Crippen molar-refractivity contribution in [3.05, 3.63) is 82.9 Å². The van der Waals surface area contributed by atoms with Gasteiger partial charge in [-0.3, -0.25) is 0 Å². The van der Waals surface area contributed by atoms with Gasteiger partial charge < -0.3 is 0 Å². The second-order valence-corrected chi connectivity index (χ2v) is 8.89. The summed E-state index contributed by atoms with van der Waals surface area (Å²) in [7, 11) is 0. The number of hydrogen-bond acceptors (Lipinski definition) is 0. The molecule has 1 aliphatic rings. The highest BCUT2D eigenvalue weighted by Crippen LogP contribution is 2.54. The van der Waals surface area contributed by atoms with Crippen LogP contribution in [0.1, 0.15) is 88.5 Å². The lowest BCUT2D eigenvalue weighted by Gasteiger charge is -2.33. The SMILES string of the molecule is CC.CCCCC1(CCCC)c2ccccc2-c2ccc(-c3ccc(C)c(C)c3)cc21. The monoisotopic (exact) mass is 412 g/mol. The molecule has 0 aliphatic heterocycles. The number of benzene rings is 3. The van der Waals surface area contributed by atoms with E-state index in [0.717, 1.165) is 0 Å². The van der Waals surface area contributed by atoms with Gasteiger partial charge in [0.2, 0.25) is 0 Å². The number of unbranched alkanes of at least 4 members (excludes halogenated alkanes) is 2. The van der Waals surface area contributed by atoms with Gasteiger partial charge in [-0.05, 0) is 77.3 Å². The number of fused-ring (bicyclic) bond motifs is 3. The van der Waals surface area contributed by atoms with E-state index >= 15 is 0 Å². The van der Waals surface area contributed by atoms with Crippen molar-refractivity contribution >= 4 is 0 Å². The smallest absolute Gasteiger partial charge is 0.0215 e. The third-order valence-electron chi connectivity index (χ3n) is 7.02. The van der Waals surface area contributed by atoms with Crippen LogP contribution in [-0.2, 0) is 5.41 Å². The third kappa shape index (κ3) is 4.36. The Morgan fingerprint density at radius 3 is 1.84 bits per heavy atom. The number of rotatable bonds is 7. The normalized spacial score (nSPS) is 13.2. The zero-order valence-corrected chi connectivity index (χ0v) is 20.5. The highest BCUT2D eigenvalue weighted by atomic mass is 14.4. The summed E-state index contributed by atoms with van der Waals surface area (Å²) in [6.45, 7) is 13.1. The molecule has 0 N–H and O–H groups in total. The summed E-state index contributed by atoms with van der Waals surface area (Å²) in [5.74, 6) is 0. The van der Waals surface area contributed by atoms with E-state index in [9.17, 15) is 0 Å². The van der Waals surface area contributed by atoms with E-state index in [-0.39, 0.29) is 5.41 Å². The fourth-order valence-corrected chi connectivity index (χ4v) is 5.18. The average Bonchev–Trinajstić information content (AvgIpc) is 3.09. The van der Waals surface area contributed by atoms with E-state index in [4.69, 9.17) is 0 Å². The first-order valence-corrected chi connectivity index (χ1v) is 12.4. The maximum Gasteiger partial charge on any atom is 0.0215 e. The molecule has 31 heavy (non-hydrogen) atoms.